The third-order valence-electron chi connectivity index (χ3n) is 5.07. The van der Waals surface area contributed by atoms with Crippen LogP contribution in [0.15, 0.2) is 0 Å². The summed E-state index contributed by atoms with van der Waals surface area (Å²) in [7, 11) is 1.37. The normalized spacial score (nSPS) is 21.3. The van der Waals surface area contributed by atoms with Gasteiger partial charge in [-0.25, -0.2) is 4.79 Å². The van der Waals surface area contributed by atoms with E-state index < -0.39 is 5.54 Å². The molecule has 0 bridgehead atoms. The zero-order chi connectivity index (χ0) is 17.0. The monoisotopic (exact) mass is 324 g/mol. The van der Waals surface area contributed by atoms with Crippen molar-refractivity contribution in [3.63, 3.8) is 0 Å². The van der Waals surface area contributed by atoms with Gasteiger partial charge in [0.2, 0.25) is 11.8 Å². The van der Waals surface area contributed by atoms with Crippen molar-refractivity contribution in [2.75, 3.05) is 20.2 Å². The SMILES string of the molecule is COC(=O)C1(NC(=O)C2CCN(C(=O)C(C)C)CC2)CCCC1. The highest BCUT2D eigenvalue weighted by molar-refractivity contribution is 5.89. The van der Waals surface area contributed by atoms with Crippen LogP contribution >= 0.6 is 0 Å². The Balaban J connectivity index is 1.92. The molecule has 0 unspecified atom stereocenters. The number of amides is 2. The Morgan fingerprint density at radius 1 is 1.13 bits per heavy atom. The Kier molecular flexibility index (Phi) is 5.65. The molecule has 130 valence electrons. The largest absolute Gasteiger partial charge is 0.467 e. The Labute approximate surface area is 137 Å². The van der Waals surface area contributed by atoms with Gasteiger partial charge in [0, 0.05) is 24.9 Å². The smallest absolute Gasteiger partial charge is 0.331 e. The van der Waals surface area contributed by atoms with E-state index in [1.165, 1.54) is 7.11 Å². The van der Waals surface area contributed by atoms with Crippen LogP contribution in [0.2, 0.25) is 0 Å². The minimum absolute atomic E-state index is 0.0125. The van der Waals surface area contributed by atoms with Crippen molar-refractivity contribution < 1.29 is 19.1 Å². The topological polar surface area (TPSA) is 75.7 Å². The Morgan fingerprint density at radius 3 is 2.17 bits per heavy atom. The Bertz CT molecular complexity index is 461. The van der Waals surface area contributed by atoms with Crippen molar-refractivity contribution in [2.24, 2.45) is 11.8 Å². The number of nitrogens with one attached hydrogen (secondary N) is 1. The van der Waals surface area contributed by atoms with Gasteiger partial charge < -0.3 is 15.0 Å². The van der Waals surface area contributed by atoms with Crippen LogP contribution in [0.1, 0.15) is 52.4 Å². The van der Waals surface area contributed by atoms with Gasteiger partial charge >= 0.3 is 5.97 Å². The Hall–Kier alpha value is -1.59. The van der Waals surface area contributed by atoms with Gasteiger partial charge in [0.15, 0.2) is 0 Å². The predicted molar refractivity (Wildman–Crippen MR) is 85.5 cm³/mol. The number of esters is 1. The van der Waals surface area contributed by atoms with Crippen LogP contribution in [0.5, 0.6) is 0 Å². The summed E-state index contributed by atoms with van der Waals surface area (Å²) in [4.78, 5) is 38.5. The second kappa shape index (κ2) is 7.32. The van der Waals surface area contributed by atoms with Crippen LogP contribution in [0, 0.1) is 11.8 Å². The predicted octanol–water partition coefficient (Wildman–Crippen LogP) is 1.48. The molecule has 1 N–H and O–H groups in total. The number of piperidine rings is 1. The van der Waals surface area contributed by atoms with E-state index in [9.17, 15) is 14.4 Å². The summed E-state index contributed by atoms with van der Waals surface area (Å²) in [6.45, 7) is 5.00. The van der Waals surface area contributed by atoms with Crippen LogP contribution in [0.4, 0.5) is 0 Å². The third-order valence-corrected chi connectivity index (χ3v) is 5.07. The van der Waals surface area contributed by atoms with Crippen LogP contribution in [0.25, 0.3) is 0 Å². The van der Waals surface area contributed by atoms with Crippen LogP contribution in [-0.4, -0.2) is 48.4 Å². The lowest BCUT2D eigenvalue weighted by atomic mass is 9.91. The molecule has 2 fully saturated rings. The van der Waals surface area contributed by atoms with Crippen LogP contribution in [-0.2, 0) is 19.1 Å². The summed E-state index contributed by atoms with van der Waals surface area (Å²) in [5, 5.41) is 2.96. The van der Waals surface area contributed by atoms with E-state index in [0.717, 1.165) is 12.8 Å². The summed E-state index contributed by atoms with van der Waals surface area (Å²) in [5.74, 6) is -0.412. The van der Waals surface area contributed by atoms with Gasteiger partial charge in [-0.05, 0) is 25.7 Å². The minimum Gasteiger partial charge on any atom is -0.467 e. The molecule has 6 nitrogen and oxygen atoms in total. The molecule has 0 atom stereocenters. The standard InChI is InChI=1S/C17H28N2O4/c1-12(2)15(21)19-10-6-13(7-11-19)14(20)18-17(16(22)23-3)8-4-5-9-17/h12-13H,4-11H2,1-3H3,(H,18,20). The van der Waals surface area contributed by atoms with Crippen molar-refractivity contribution >= 4 is 17.8 Å². The lowest BCUT2D eigenvalue weighted by Gasteiger charge is -2.34. The molecule has 1 saturated carbocycles. The van der Waals surface area contributed by atoms with Crippen molar-refractivity contribution in [1.82, 2.24) is 10.2 Å². The average Bonchev–Trinajstić information content (AvgIpc) is 3.03. The Morgan fingerprint density at radius 2 is 1.70 bits per heavy atom. The number of hydrogen-bond acceptors (Lipinski definition) is 4. The molecule has 23 heavy (non-hydrogen) atoms. The van der Waals surface area contributed by atoms with Gasteiger partial charge in [0.05, 0.1) is 7.11 Å². The number of carbonyl (C=O) groups is 3. The minimum atomic E-state index is -0.837. The molecule has 1 aliphatic carbocycles. The van der Waals surface area contributed by atoms with Gasteiger partial charge in [-0.15, -0.1) is 0 Å². The zero-order valence-corrected chi connectivity index (χ0v) is 14.4. The van der Waals surface area contributed by atoms with Gasteiger partial charge in [-0.2, -0.15) is 0 Å². The van der Waals surface area contributed by atoms with Crippen LogP contribution in [0.3, 0.4) is 0 Å². The molecule has 2 aliphatic rings. The summed E-state index contributed by atoms with van der Waals surface area (Å²) < 4.78 is 4.89. The molecule has 0 aromatic heterocycles. The van der Waals surface area contributed by atoms with Gasteiger partial charge in [0.25, 0.3) is 0 Å². The van der Waals surface area contributed by atoms with E-state index in [0.29, 0.717) is 38.8 Å². The fraction of sp³-hybridized carbons (Fsp3) is 0.824. The van der Waals surface area contributed by atoms with E-state index >= 15 is 0 Å². The van der Waals surface area contributed by atoms with Crippen molar-refractivity contribution in [3.05, 3.63) is 0 Å². The van der Waals surface area contributed by atoms with E-state index in [-0.39, 0.29) is 29.6 Å². The highest BCUT2D eigenvalue weighted by Crippen LogP contribution is 2.32. The molecule has 0 spiro atoms. The van der Waals surface area contributed by atoms with Crippen molar-refractivity contribution in [2.45, 2.75) is 57.9 Å². The number of hydrogen-bond donors (Lipinski definition) is 1. The highest BCUT2D eigenvalue weighted by Gasteiger charge is 2.44. The number of ether oxygens (including phenoxy) is 1. The van der Waals surface area contributed by atoms with Crippen molar-refractivity contribution in [1.29, 1.82) is 0 Å². The first-order chi connectivity index (χ1) is 10.9. The maximum absolute atomic E-state index is 12.6. The third kappa shape index (κ3) is 3.85. The lowest BCUT2D eigenvalue weighted by Crippen LogP contribution is -2.55. The first-order valence-electron chi connectivity index (χ1n) is 8.59. The number of nitrogens with zero attached hydrogens (tertiary/aromatic N) is 1. The lowest BCUT2D eigenvalue weighted by molar-refractivity contribution is -0.151. The van der Waals surface area contributed by atoms with E-state index in [1.54, 1.807) is 0 Å². The summed E-state index contributed by atoms with van der Waals surface area (Å²) in [6, 6.07) is 0. The maximum Gasteiger partial charge on any atom is 0.331 e. The maximum atomic E-state index is 12.6. The fourth-order valence-corrected chi connectivity index (χ4v) is 3.62. The molecular formula is C17H28N2O4. The fourth-order valence-electron chi connectivity index (χ4n) is 3.62. The highest BCUT2D eigenvalue weighted by atomic mass is 16.5. The number of likely N-dealkylation sites (tertiary alicyclic amines) is 1. The number of carbonyl (C=O) groups excluding carboxylic acids is 3. The molecule has 2 rings (SSSR count). The van der Waals surface area contributed by atoms with E-state index in [2.05, 4.69) is 5.32 Å². The van der Waals surface area contributed by atoms with Gasteiger partial charge in [0.1, 0.15) is 5.54 Å². The quantitative estimate of drug-likeness (QED) is 0.795. The molecular weight excluding hydrogens is 296 g/mol. The molecule has 1 saturated heterocycles. The molecule has 1 heterocycles. The summed E-state index contributed by atoms with van der Waals surface area (Å²) in [5.41, 5.74) is -0.837. The molecule has 6 heteroatoms. The number of rotatable bonds is 4. The average molecular weight is 324 g/mol. The first kappa shape index (κ1) is 17.8. The summed E-state index contributed by atoms with van der Waals surface area (Å²) in [6.07, 6.45) is 4.46. The summed E-state index contributed by atoms with van der Waals surface area (Å²) >= 11 is 0. The molecule has 0 aromatic carbocycles. The van der Waals surface area contributed by atoms with Crippen LogP contribution < -0.4 is 5.32 Å². The van der Waals surface area contributed by atoms with E-state index in [1.807, 2.05) is 18.7 Å². The first-order valence-corrected chi connectivity index (χ1v) is 8.59. The number of methoxy groups -OCH3 is 1. The molecule has 0 radical (unpaired) electrons. The van der Waals surface area contributed by atoms with Crippen molar-refractivity contribution in [3.8, 4) is 0 Å². The van der Waals surface area contributed by atoms with Gasteiger partial charge in [-0.1, -0.05) is 26.7 Å². The molecule has 2 amide bonds. The molecule has 0 aromatic rings. The molecule has 1 aliphatic heterocycles. The second-order valence-corrected chi connectivity index (χ2v) is 7.02. The van der Waals surface area contributed by atoms with E-state index in [4.69, 9.17) is 4.74 Å². The van der Waals surface area contributed by atoms with Gasteiger partial charge in [-0.3, -0.25) is 9.59 Å². The zero-order valence-electron chi connectivity index (χ0n) is 14.4. The second-order valence-electron chi connectivity index (χ2n) is 7.02.